The molecule has 0 aromatic heterocycles. The van der Waals surface area contributed by atoms with Crippen molar-refractivity contribution in [3.8, 4) is 0 Å². The average Bonchev–Trinajstić information content (AvgIpc) is 2.77. The second kappa shape index (κ2) is 5.61. The van der Waals surface area contributed by atoms with Gasteiger partial charge in [-0.15, -0.1) is 0 Å². The molecular weight excluding hydrogens is 308 g/mol. The molecule has 1 aliphatic rings. The first kappa shape index (κ1) is 18.0. The molecule has 1 aliphatic heterocycles. The van der Waals surface area contributed by atoms with Crippen molar-refractivity contribution in [2.75, 3.05) is 7.11 Å². The molecular formula is C18H24N2O4. The largest absolute Gasteiger partial charge is 0.469 e. The van der Waals surface area contributed by atoms with Gasteiger partial charge in [0.05, 0.1) is 18.1 Å². The fourth-order valence-electron chi connectivity index (χ4n) is 2.90. The van der Waals surface area contributed by atoms with Gasteiger partial charge in [0.25, 0.3) is 5.91 Å². The summed E-state index contributed by atoms with van der Waals surface area (Å²) >= 11 is 0. The van der Waals surface area contributed by atoms with Crippen LogP contribution >= 0.6 is 0 Å². The summed E-state index contributed by atoms with van der Waals surface area (Å²) in [4.78, 5) is 39.1. The molecule has 1 heterocycles. The maximum Gasteiger partial charge on any atom is 0.325 e. The van der Waals surface area contributed by atoms with Gasteiger partial charge in [-0.05, 0) is 40.2 Å². The Kier molecular flexibility index (Phi) is 4.20. The number of hydrogen-bond donors (Lipinski definition) is 1. The Labute approximate surface area is 142 Å². The zero-order valence-corrected chi connectivity index (χ0v) is 15.0. The van der Waals surface area contributed by atoms with Crippen molar-refractivity contribution in [1.82, 2.24) is 10.2 Å². The lowest BCUT2D eigenvalue weighted by atomic mass is 9.73. The van der Waals surface area contributed by atoms with E-state index in [-0.39, 0.29) is 5.91 Å². The first-order valence-electron chi connectivity index (χ1n) is 7.81. The number of carbonyl (C=O) groups is 3. The lowest BCUT2D eigenvalue weighted by Crippen LogP contribution is -2.60. The first-order chi connectivity index (χ1) is 11.0. The van der Waals surface area contributed by atoms with Crippen LogP contribution in [0, 0.1) is 5.41 Å². The van der Waals surface area contributed by atoms with Gasteiger partial charge < -0.3 is 10.1 Å². The number of nitrogens with one attached hydrogen (secondary N) is 1. The highest BCUT2D eigenvalue weighted by Crippen LogP contribution is 2.41. The summed E-state index contributed by atoms with van der Waals surface area (Å²) in [5, 5.41) is 2.77. The minimum Gasteiger partial charge on any atom is -0.469 e. The van der Waals surface area contributed by atoms with Gasteiger partial charge in [0.1, 0.15) is 5.54 Å². The van der Waals surface area contributed by atoms with Gasteiger partial charge in [0.2, 0.25) is 0 Å². The minimum absolute atomic E-state index is 0.388. The van der Waals surface area contributed by atoms with Gasteiger partial charge in [0.15, 0.2) is 0 Å². The third kappa shape index (κ3) is 2.37. The molecule has 130 valence electrons. The zero-order valence-electron chi connectivity index (χ0n) is 15.0. The van der Waals surface area contributed by atoms with Crippen LogP contribution in [0.1, 0.15) is 40.2 Å². The molecule has 1 unspecified atom stereocenters. The number of nitrogens with zero attached hydrogens (tertiary/aromatic N) is 1. The molecule has 1 fully saturated rings. The monoisotopic (exact) mass is 332 g/mol. The molecule has 6 heteroatoms. The number of ether oxygens (including phenoxy) is 1. The van der Waals surface area contributed by atoms with Crippen molar-refractivity contribution in [3.05, 3.63) is 35.9 Å². The van der Waals surface area contributed by atoms with Crippen LogP contribution in [0.5, 0.6) is 0 Å². The number of rotatable bonds is 4. The van der Waals surface area contributed by atoms with E-state index < -0.39 is 28.5 Å². The molecule has 0 spiro atoms. The summed E-state index contributed by atoms with van der Waals surface area (Å²) in [5.41, 5.74) is -2.62. The number of methoxy groups -OCH3 is 1. The van der Waals surface area contributed by atoms with Crippen LogP contribution in [0.15, 0.2) is 30.3 Å². The fourth-order valence-corrected chi connectivity index (χ4v) is 2.90. The van der Waals surface area contributed by atoms with E-state index in [1.807, 2.05) is 18.2 Å². The predicted molar refractivity (Wildman–Crippen MR) is 89.0 cm³/mol. The Hall–Kier alpha value is -2.37. The van der Waals surface area contributed by atoms with E-state index in [2.05, 4.69) is 5.32 Å². The predicted octanol–water partition coefficient (Wildman–Crippen LogP) is 2.43. The van der Waals surface area contributed by atoms with E-state index in [1.165, 1.54) is 7.11 Å². The number of imide groups is 1. The Bertz CT molecular complexity index is 682. The second-order valence-corrected chi connectivity index (χ2v) is 7.24. The van der Waals surface area contributed by atoms with Gasteiger partial charge in [-0.25, -0.2) is 4.79 Å². The summed E-state index contributed by atoms with van der Waals surface area (Å²) in [6.07, 6.45) is 0. The van der Waals surface area contributed by atoms with E-state index in [1.54, 1.807) is 46.8 Å². The molecule has 6 nitrogen and oxygen atoms in total. The van der Waals surface area contributed by atoms with Gasteiger partial charge >= 0.3 is 12.0 Å². The number of esters is 1. The van der Waals surface area contributed by atoms with Crippen LogP contribution in [-0.2, 0) is 19.9 Å². The Morgan fingerprint density at radius 2 is 1.67 bits per heavy atom. The molecule has 1 aromatic carbocycles. The molecule has 0 saturated carbocycles. The van der Waals surface area contributed by atoms with E-state index in [4.69, 9.17) is 4.74 Å². The van der Waals surface area contributed by atoms with Crippen LogP contribution in [0.25, 0.3) is 0 Å². The molecule has 1 atom stereocenters. The van der Waals surface area contributed by atoms with Gasteiger partial charge in [-0.2, -0.15) is 0 Å². The summed E-state index contributed by atoms with van der Waals surface area (Å²) < 4.78 is 4.86. The van der Waals surface area contributed by atoms with Gasteiger partial charge in [0, 0.05) is 0 Å². The smallest absolute Gasteiger partial charge is 0.325 e. The number of benzene rings is 1. The highest BCUT2D eigenvalue weighted by atomic mass is 16.5. The van der Waals surface area contributed by atoms with Crippen molar-refractivity contribution in [3.63, 3.8) is 0 Å². The molecule has 0 bridgehead atoms. The molecule has 24 heavy (non-hydrogen) atoms. The number of hydrogen-bond acceptors (Lipinski definition) is 4. The maximum atomic E-state index is 13.1. The second-order valence-electron chi connectivity index (χ2n) is 7.24. The minimum atomic E-state index is -1.16. The topological polar surface area (TPSA) is 75.7 Å². The van der Waals surface area contributed by atoms with Crippen molar-refractivity contribution in [1.29, 1.82) is 0 Å². The number of amides is 3. The standard InChI is InChI=1S/C18H24N2O4/c1-16(2,14(22)24-6)17(3,4)20-13(21)18(5,19-15(20)23)12-10-8-7-9-11-12/h7-11H,1-6H3,(H,19,23). The van der Waals surface area contributed by atoms with E-state index in [0.29, 0.717) is 5.56 Å². The third-order valence-corrected chi connectivity index (χ3v) is 5.33. The lowest BCUT2D eigenvalue weighted by molar-refractivity contribution is -0.160. The highest BCUT2D eigenvalue weighted by Gasteiger charge is 2.59. The van der Waals surface area contributed by atoms with E-state index >= 15 is 0 Å². The fraction of sp³-hybridized carbons (Fsp3) is 0.500. The molecule has 2 rings (SSSR count). The summed E-state index contributed by atoms with van der Waals surface area (Å²) in [6.45, 7) is 8.38. The highest BCUT2D eigenvalue weighted by molar-refractivity contribution is 6.08. The SMILES string of the molecule is COC(=O)C(C)(C)C(C)(C)N1C(=O)NC(C)(c2ccccc2)C1=O. The maximum absolute atomic E-state index is 13.1. The molecule has 3 amide bonds. The average molecular weight is 332 g/mol. The Morgan fingerprint density at radius 1 is 1.12 bits per heavy atom. The summed E-state index contributed by atoms with van der Waals surface area (Å²) in [6, 6.07) is 8.53. The molecule has 0 radical (unpaired) electrons. The molecule has 0 aliphatic carbocycles. The summed E-state index contributed by atoms with van der Waals surface area (Å²) in [5.74, 6) is -0.873. The van der Waals surface area contributed by atoms with Crippen molar-refractivity contribution < 1.29 is 19.1 Å². The van der Waals surface area contributed by atoms with Crippen molar-refractivity contribution >= 4 is 17.9 Å². The quantitative estimate of drug-likeness (QED) is 0.679. The number of carbonyl (C=O) groups excluding carboxylic acids is 3. The normalized spacial score (nSPS) is 21.7. The first-order valence-corrected chi connectivity index (χ1v) is 7.81. The van der Waals surface area contributed by atoms with Crippen LogP contribution in [-0.4, -0.2) is 35.5 Å². The molecule has 1 saturated heterocycles. The van der Waals surface area contributed by atoms with Gasteiger partial charge in [-0.1, -0.05) is 30.3 Å². The summed E-state index contributed by atoms with van der Waals surface area (Å²) in [7, 11) is 1.29. The van der Waals surface area contributed by atoms with Crippen molar-refractivity contribution in [2.45, 2.75) is 45.7 Å². The van der Waals surface area contributed by atoms with E-state index in [9.17, 15) is 14.4 Å². The van der Waals surface area contributed by atoms with Crippen LogP contribution < -0.4 is 5.32 Å². The molecule has 1 N–H and O–H groups in total. The van der Waals surface area contributed by atoms with E-state index in [0.717, 1.165) is 4.90 Å². The van der Waals surface area contributed by atoms with Crippen LogP contribution in [0.3, 0.4) is 0 Å². The van der Waals surface area contributed by atoms with Gasteiger partial charge in [-0.3, -0.25) is 14.5 Å². The number of urea groups is 1. The third-order valence-electron chi connectivity index (χ3n) is 5.33. The van der Waals surface area contributed by atoms with Crippen LogP contribution in [0.4, 0.5) is 4.79 Å². The Balaban J connectivity index is 2.48. The lowest BCUT2D eigenvalue weighted by Gasteiger charge is -2.44. The zero-order chi connectivity index (χ0) is 18.3. The van der Waals surface area contributed by atoms with Crippen LogP contribution in [0.2, 0.25) is 0 Å². The van der Waals surface area contributed by atoms with Crippen molar-refractivity contribution in [2.24, 2.45) is 5.41 Å². The molecule has 1 aromatic rings. The Morgan fingerprint density at radius 3 is 2.17 bits per heavy atom.